The Morgan fingerprint density at radius 3 is 2.14 bits per heavy atom. The lowest BCUT2D eigenvalue weighted by Crippen LogP contribution is -2.04. The molecule has 1 aromatic heterocycles. The predicted molar refractivity (Wildman–Crippen MR) is 129 cm³/mol. The van der Waals surface area contributed by atoms with Gasteiger partial charge in [-0.1, -0.05) is 105 Å². The number of aromatic nitrogens is 2. The van der Waals surface area contributed by atoms with Gasteiger partial charge < -0.3 is 0 Å². The van der Waals surface area contributed by atoms with Crippen LogP contribution in [0.2, 0.25) is 5.02 Å². The van der Waals surface area contributed by atoms with Crippen LogP contribution in [0.4, 0.5) is 0 Å². The van der Waals surface area contributed by atoms with Crippen LogP contribution in [-0.4, -0.2) is 9.78 Å². The van der Waals surface area contributed by atoms with Crippen molar-refractivity contribution in [3.63, 3.8) is 0 Å². The molecule has 4 aromatic rings. The normalized spacial score (nSPS) is 10.9. The summed E-state index contributed by atoms with van der Waals surface area (Å²) in [5.41, 5.74) is 5.89. The van der Waals surface area contributed by atoms with Crippen molar-refractivity contribution in [2.45, 2.75) is 6.54 Å². The molecule has 1 heterocycles. The molecule has 29 heavy (non-hydrogen) atoms. The monoisotopic (exact) mass is 526 g/mol. The summed E-state index contributed by atoms with van der Waals surface area (Å²) in [4.78, 5) is 0. The smallest absolute Gasteiger partial charge is 0.112 e. The zero-order valence-electron chi connectivity index (χ0n) is 15.4. The summed E-state index contributed by atoms with van der Waals surface area (Å²) in [5, 5.41) is 5.54. The van der Waals surface area contributed by atoms with E-state index >= 15 is 0 Å². The van der Waals surface area contributed by atoms with E-state index in [9.17, 15) is 0 Å². The minimum Gasteiger partial charge on any atom is -0.258 e. The summed E-state index contributed by atoms with van der Waals surface area (Å²) in [6.07, 6.45) is 1.84. The van der Waals surface area contributed by atoms with Crippen LogP contribution in [0.15, 0.2) is 88.3 Å². The van der Waals surface area contributed by atoms with Crippen molar-refractivity contribution in [1.82, 2.24) is 9.78 Å². The highest BCUT2D eigenvalue weighted by atomic mass is 79.9. The first kappa shape index (κ1) is 20.1. The van der Waals surface area contributed by atoms with Gasteiger partial charge in [0, 0.05) is 20.1 Å². The van der Waals surface area contributed by atoms with Crippen molar-refractivity contribution in [1.29, 1.82) is 0 Å². The number of hydrogen-bond acceptors (Lipinski definition) is 1. The van der Waals surface area contributed by atoms with Crippen LogP contribution >= 0.6 is 43.5 Å². The second-order valence-electron chi connectivity index (χ2n) is 6.64. The van der Waals surface area contributed by atoms with Gasteiger partial charge in [0.2, 0.25) is 0 Å². The third-order valence-corrected chi connectivity index (χ3v) is 5.98. The van der Waals surface area contributed by atoms with Crippen molar-refractivity contribution in [3.05, 3.63) is 104 Å². The Balaban J connectivity index is 1.85. The van der Waals surface area contributed by atoms with Crippen molar-refractivity contribution in [3.8, 4) is 22.5 Å². The largest absolute Gasteiger partial charge is 0.258 e. The number of hydrogen-bond donors (Lipinski definition) is 0. The minimum absolute atomic E-state index is 0.618. The van der Waals surface area contributed by atoms with Crippen LogP contribution in [0.25, 0.3) is 28.6 Å². The van der Waals surface area contributed by atoms with Gasteiger partial charge in [-0.05, 0) is 35.4 Å². The van der Waals surface area contributed by atoms with Crippen molar-refractivity contribution in [2.24, 2.45) is 0 Å². The molecule has 0 atom stereocenters. The van der Waals surface area contributed by atoms with E-state index in [2.05, 4.69) is 74.8 Å². The van der Waals surface area contributed by atoms with E-state index < -0.39 is 0 Å². The molecule has 0 saturated heterocycles. The van der Waals surface area contributed by atoms with Crippen LogP contribution in [0.3, 0.4) is 0 Å². The second-order valence-corrected chi connectivity index (χ2v) is 8.84. The third-order valence-electron chi connectivity index (χ3n) is 4.64. The van der Waals surface area contributed by atoms with E-state index in [4.69, 9.17) is 16.7 Å². The number of halogens is 3. The first-order chi connectivity index (χ1) is 14.0. The number of benzene rings is 3. The highest BCUT2D eigenvalue weighted by Gasteiger charge is 2.20. The average molecular weight is 529 g/mol. The van der Waals surface area contributed by atoms with Gasteiger partial charge in [-0.3, -0.25) is 4.68 Å². The van der Waals surface area contributed by atoms with Gasteiger partial charge in [0.25, 0.3) is 0 Å². The Bertz CT molecular complexity index is 1180. The van der Waals surface area contributed by atoms with Gasteiger partial charge >= 0.3 is 0 Å². The Kier molecular flexibility index (Phi) is 6.04. The Labute approximate surface area is 192 Å². The molecule has 0 aliphatic rings. The standard InChI is InChI=1S/C24H17Br2ClN2/c1-2-16-9-11-17(12-10-16)15-29-24(19-6-4-8-21(26)14-19)22(27)23(28-29)18-5-3-7-20(25)13-18/h2-14H,1,15H2. The molecule has 3 aromatic carbocycles. The van der Waals surface area contributed by atoms with E-state index in [0.717, 1.165) is 42.6 Å². The van der Waals surface area contributed by atoms with E-state index in [0.29, 0.717) is 11.6 Å². The Morgan fingerprint density at radius 1 is 0.897 bits per heavy atom. The SMILES string of the molecule is C=Cc1ccc(Cn2nc(-c3cccc(Br)c3)c(Cl)c2-c2cccc(Br)c2)cc1. The topological polar surface area (TPSA) is 17.8 Å². The lowest BCUT2D eigenvalue weighted by Gasteiger charge is -2.09. The maximum Gasteiger partial charge on any atom is 0.112 e. The van der Waals surface area contributed by atoms with Gasteiger partial charge in [0.15, 0.2) is 0 Å². The lowest BCUT2D eigenvalue weighted by atomic mass is 10.1. The third kappa shape index (κ3) is 4.40. The van der Waals surface area contributed by atoms with Crippen molar-refractivity contribution in [2.75, 3.05) is 0 Å². The molecule has 0 amide bonds. The maximum atomic E-state index is 6.89. The molecule has 0 bridgehead atoms. The fourth-order valence-electron chi connectivity index (χ4n) is 3.22. The Morgan fingerprint density at radius 2 is 1.52 bits per heavy atom. The molecule has 0 unspecified atom stereocenters. The molecular weight excluding hydrogens is 512 g/mol. The van der Waals surface area contributed by atoms with Crippen molar-refractivity contribution < 1.29 is 0 Å². The summed E-state index contributed by atoms with van der Waals surface area (Å²) in [5.74, 6) is 0. The van der Waals surface area contributed by atoms with Crippen LogP contribution < -0.4 is 0 Å². The van der Waals surface area contributed by atoms with Crippen LogP contribution in [0.1, 0.15) is 11.1 Å². The van der Waals surface area contributed by atoms with Gasteiger partial charge in [-0.25, -0.2) is 0 Å². The minimum atomic E-state index is 0.618. The van der Waals surface area contributed by atoms with Gasteiger partial charge in [0.1, 0.15) is 5.69 Å². The molecule has 0 radical (unpaired) electrons. The molecule has 5 heteroatoms. The zero-order chi connectivity index (χ0) is 20.4. The first-order valence-electron chi connectivity index (χ1n) is 9.04. The summed E-state index contributed by atoms with van der Waals surface area (Å²) < 4.78 is 3.96. The molecule has 144 valence electrons. The second kappa shape index (κ2) is 8.70. The molecule has 2 nitrogen and oxygen atoms in total. The van der Waals surface area contributed by atoms with E-state index in [-0.39, 0.29) is 0 Å². The summed E-state index contributed by atoms with van der Waals surface area (Å²) >= 11 is 14.0. The summed E-state index contributed by atoms with van der Waals surface area (Å²) in [6.45, 7) is 4.44. The van der Waals surface area contributed by atoms with Crippen LogP contribution in [0, 0.1) is 0 Å². The fraction of sp³-hybridized carbons (Fsp3) is 0.0417. The summed E-state index contributed by atoms with van der Waals surface area (Å²) in [6, 6.07) is 24.4. The molecule has 0 aliphatic heterocycles. The average Bonchev–Trinajstić information content (AvgIpc) is 3.04. The van der Waals surface area contributed by atoms with Gasteiger partial charge in [0.05, 0.1) is 17.3 Å². The highest BCUT2D eigenvalue weighted by Crippen LogP contribution is 2.38. The highest BCUT2D eigenvalue weighted by molar-refractivity contribution is 9.10. The molecule has 0 saturated carbocycles. The van der Waals surface area contributed by atoms with E-state index in [1.54, 1.807) is 0 Å². The maximum absolute atomic E-state index is 6.89. The molecular formula is C24H17Br2ClN2. The first-order valence-corrected chi connectivity index (χ1v) is 11.0. The van der Waals surface area contributed by atoms with Crippen molar-refractivity contribution >= 4 is 49.5 Å². The zero-order valence-corrected chi connectivity index (χ0v) is 19.4. The van der Waals surface area contributed by atoms with Crippen LogP contribution in [-0.2, 0) is 6.54 Å². The van der Waals surface area contributed by atoms with E-state index in [1.165, 1.54) is 0 Å². The molecule has 4 rings (SSSR count). The Hall–Kier alpha value is -2.14. The van der Waals surface area contributed by atoms with Gasteiger partial charge in [-0.15, -0.1) is 0 Å². The number of rotatable bonds is 5. The predicted octanol–water partition coefficient (Wildman–Crippen LogP) is 8.09. The summed E-state index contributed by atoms with van der Waals surface area (Å²) in [7, 11) is 0. The fourth-order valence-corrected chi connectivity index (χ4v) is 4.37. The quantitative estimate of drug-likeness (QED) is 0.256. The van der Waals surface area contributed by atoms with Gasteiger partial charge in [-0.2, -0.15) is 5.10 Å². The molecule has 0 spiro atoms. The van der Waals surface area contributed by atoms with E-state index in [1.807, 2.05) is 47.2 Å². The molecule has 0 aliphatic carbocycles. The number of nitrogens with zero attached hydrogens (tertiary/aromatic N) is 2. The molecule has 0 fully saturated rings. The van der Waals surface area contributed by atoms with Crippen LogP contribution in [0.5, 0.6) is 0 Å². The molecule has 0 N–H and O–H groups in total. The lowest BCUT2D eigenvalue weighted by molar-refractivity contribution is 0.697.